The van der Waals surface area contributed by atoms with E-state index in [1.54, 1.807) is 17.6 Å². The predicted octanol–water partition coefficient (Wildman–Crippen LogP) is 3.32. The molecular weight excluding hydrogens is 437 g/mol. The van der Waals surface area contributed by atoms with Crippen molar-refractivity contribution in [2.75, 3.05) is 32.8 Å². The van der Waals surface area contributed by atoms with E-state index in [-0.39, 0.29) is 24.0 Å². The average molecular weight is 463 g/mol. The van der Waals surface area contributed by atoms with Crippen molar-refractivity contribution in [1.82, 2.24) is 10.6 Å². The summed E-state index contributed by atoms with van der Waals surface area (Å²) in [6, 6.07) is 8.13. The molecule has 0 radical (unpaired) electrons. The number of nitrogens with one attached hydrogen (secondary N) is 2. The molecule has 2 aromatic heterocycles. The number of furan rings is 1. The summed E-state index contributed by atoms with van der Waals surface area (Å²) in [5, 5.41) is 8.82. The van der Waals surface area contributed by atoms with Gasteiger partial charge in [-0.15, -0.1) is 35.3 Å². The molecule has 24 heavy (non-hydrogen) atoms. The SMILES string of the molecule is CCOCCN=C(NCCc1ccco1)NCCc1cccs1.I. The first-order valence-electron chi connectivity index (χ1n) is 8.03. The van der Waals surface area contributed by atoms with E-state index >= 15 is 0 Å². The standard InChI is InChI=1S/C17H25N3O2S.HI/c1-2-21-13-11-20-17(18-9-7-15-5-3-12-22-15)19-10-8-16-6-4-14-23-16;/h3-6,12,14H,2,7-11,13H2,1H3,(H2,18,19,20);1H. The van der Waals surface area contributed by atoms with Crippen LogP contribution in [0.3, 0.4) is 0 Å². The van der Waals surface area contributed by atoms with Gasteiger partial charge in [-0.3, -0.25) is 4.99 Å². The third kappa shape index (κ3) is 8.70. The molecule has 0 saturated heterocycles. The Morgan fingerprint density at radius 2 is 2.04 bits per heavy atom. The van der Waals surface area contributed by atoms with E-state index < -0.39 is 0 Å². The van der Waals surface area contributed by atoms with Crippen molar-refractivity contribution in [1.29, 1.82) is 0 Å². The Labute approximate surface area is 164 Å². The minimum absolute atomic E-state index is 0. The van der Waals surface area contributed by atoms with Gasteiger partial charge in [0.15, 0.2) is 5.96 Å². The maximum atomic E-state index is 5.34. The molecule has 0 amide bonds. The fourth-order valence-corrected chi connectivity index (χ4v) is 2.77. The number of hydrogen-bond acceptors (Lipinski definition) is 4. The molecule has 0 spiro atoms. The van der Waals surface area contributed by atoms with Crippen LogP contribution >= 0.6 is 35.3 Å². The van der Waals surface area contributed by atoms with E-state index in [2.05, 4.69) is 33.1 Å². The predicted molar refractivity (Wildman–Crippen MR) is 111 cm³/mol. The van der Waals surface area contributed by atoms with Gasteiger partial charge in [0, 0.05) is 31.0 Å². The van der Waals surface area contributed by atoms with Gasteiger partial charge in [0.05, 0.1) is 19.4 Å². The highest BCUT2D eigenvalue weighted by Crippen LogP contribution is 2.08. The molecule has 2 aromatic rings. The molecule has 0 bridgehead atoms. The molecule has 0 aliphatic rings. The monoisotopic (exact) mass is 463 g/mol. The van der Waals surface area contributed by atoms with E-state index in [1.165, 1.54) is 4.88 Å². The number of halogens is 1. The van der Waals surface area contributed by atoms with Crippen LogP contribution in [0.4, 0.5) is 0 Å². The molecule has 0 aromatic carbocycles. The number of nitrogens with zero attached hydrogens (tertiary/aromatic N) is 1. The largest absolute Gasteiger partial charge is 0.469 e. The molecule has 0 atom stereocenters. The summed E-state index contributed by atoms with van der Waals surface area (Å²) in [6.07, 6.45) is 3.54. The van der Waals surface area contributed by atoms with Crippen molar-refractivity contribution < 1.29 is 9.15 Å². The van der Waals surface area contributed by atoms with Crippen molar-refractivity contribution in [3.8, 4) is 0 Å². The maximum Gasteiger partial charge on any atom is 0.191 e. The fraction of sp³-hybridized carbons (Fsp3) is 0.471. The number of guanidine groups is 1. The van der Waals surface area contributed by atoms with Crippen LogP contribution < -0.4 is 10.6 Å². The fourth-order valence-electron chi connectivity index (χ4n) is 2.06. The summed E-state index contributed by atoms with van der Waals surface area (Å²) in [4.78, 5) is 5.92. The van der Waals surface area contributed by atoms with Crippen molar-refractivity contribution in [3.05, 3.63) is 46.5 Å². The molecule has 0 aliphatic carbocycles. The molecular formula is C17H26IN3O2S. The lowest BCUT2D eigenvalue weighted by Gasteiger charge is -2.12. The summed E-state index contributed by atoms with van der Waals surface area (Å²) in [7, 11) is 0. The molecule has 2 rings (SSSR count). The van der Waals surface area contributed by atoms with Crippen LogP contribution in [0.1, 0.15) is 17.6 Å². The van der Waals surface area contributed by atoms with Gasteiger partial charge in [-0.1, -0.05) is 6.07 Å². The quantitative estimate of drug-likeness (QED) is 0.246. The Morgan fingerprint density at radius 3 is 2.71 bits per heavy atom. The smallest absolute Gasteiger partial charge is 0.191 e. The maximum absolute atomic E-state index is 5.34. The summed E-state index contributed by atoms with van der Waals surface area (Å²) in [6.45, 7) is 5.66. The van der Waals surface area contributed by atoms with E-state index in [0.29, 0.717) is 13.2 Å². The summed E-state index contributed by atoms with van der Waals surface area (Å²) in [5.41, 5.74) is 0. The van der Waals surface area contributed by atoms with Crippen LogP contribution in [0.2, 0.25) is 0 Å². The van der Waals surface area contributed by atoms with Gasteiger partial charge >= 0.3 is 0 Å². The van der Waals surface area contributed by atoms with Gasteiger partial charge in [-0.25, -0.2) is 0 Å². The zero-order valence-corrected chi connectivity index (χ0v) is 17.1. The highest BCUT2D eigenvalue weighted by Gasteiger charge is 2.01. The number of thiophene rings is 1. The van der Waals surface area contributed by atoms with Crippen LogP contribution in [-0.2, 0) is 17.6 Å². The zero-order valence-electron chi connectivity index (χ0n) is 14.0. The second-order valence-electron chi connectivity index (χ2n) is 4.94. The second kappa shape index (κ2) is 13.3. The average Bonchev–Trinajstić information content (AvgIpc) is 3.24. The number of hydrogen-bond donors (Lipinski definition) is 2. The molecule has 2 N–H and O–H groups in total. The molecule has 7 heteroatoms. The van der Waals surface area contributed by atoms with Gasteiger partial charge < -0.3 is 19.8 Å². The summed E-state index contributed by atoms with van der Waals surface area (Å²) < 4.78 is 10.7. The molecule has 0 aliphatic heterocycles. The third-order valence-electron chi connectivity index (χ3n) is 3.20. The molecule has 0 saturated carbocycles. The first-order valence-corrected chi connectivity index (χ1v) is 8.91. The Bertz CT molecular complexity index is 502. The van der Waals surface area contributed by atoms with Gasteiger partial charge in [0.1, 0.15) is 5.76 Å². The van der Waals surface area contributed by atoms with Gasteiger partial charge in [0.2, 0.25) is 0 Å². The van der Waals surface area contributed by atoms with Crippen molar-refractivity contribution in [2.45, 2.75) is 19.8 Å². The normalized spacial score (nSPS) is 11.1. The number of aliphatic imine (C=N–C) groups is 1. The topological polar surface area (TPSA) is 58.8 Å². The lowest BCUT2D eigenvalue weighted by Crippen LogP contribution is -2.39. The van der Waals surface area contributed by atoms with E-state index in [4.69, 9.17) is 9.15 Å². The van der Waals surface area contributed by atoms with Crippen LogP contribution in [0.15, 0.2) is 45.3 Å². The van der Waals surface area contributed by atoms with Crippen LogP contribution in [0, 0.1) is 0 Å². The van der Waals surface area contributed by atoms with Crippen LogP contribution in [0.25, 0.3) is 0 Å². The second-order valence-corrected chi connectivity index (χ2v) is 5.97. The van der Waals surface area contributed by atoms with Crippen molar-refractivity contribution in [3.63, 3.8) is 0 Å². The number of rotatable bonds is 10. The minimum Gasteiger partial charge on any atom is -0.469 e. The van der Waals surface area contributed by atoms with E-state index in [1.807, 2.05) is 19.1 Å². The number of ether oxygens (including phenoxy) is 1. The van der Waals surface area contributed by atoms with Gasteiger partial charge in [0.25, 0.3) is 0 Å². The minimum atomic E-state index is 0. The van der Waals surface area contributed by atoms with Gasteiger partial charge in [-0.05, 0) is 36.9 Å². The van der Waals surface area contributed by atoms with E-state index in [9.17, 15) is 0 Å². The van der Waals surface area contributed by atoms with Crippen molar-refractivity contribution in [2.24, 2.45) is 4.99 Å². The highest BCUT2D eigenvalue weighted by atomic mass is 127. The third-order valence-corrected chi connectivity index (χ3v) is 4.13. The lowest BCUT2D eigenvalue weighted by atomic mass is 10.3. The first-order chi connectivity index (χ1) is 11.4. The molecule has 0 unspecified atom stereocenters. The molecule has 0 fully saturated rings. The molecule has 2 heterocycles. The summed E-state index contributed by atoms with van der Waals surface area (Å²) >= 11 is 1.78. The zero-order chi connectivity index (χ0) is 16.2. The lowest BCUT2D eigenvalue weighted by molar-refractivity contribution is 0.155. The molecule has 134 valence electrons. The Hall–Kier alpha value is -1.06. The Kier molecular flexibility index (Phi) is 11.6. The van der Waals surface area contributed by atoms with E-state index in [0.717, 1.165) is 44.3 Å². The Balaban J connectivity index is 0.00000288. The first kappa shape index (κ1) is 21.0. The Morgan fingerprint density at radius 1 is 1.21 bits per heavy atom. The highest BCUT2D eigenvalue weighted by molar-refractivity contribution is 14.0. The molecule has 5 nitrogen and oxygen atoms in total. The van der Waals surface area contributed by atoms with Gasteiger partial charge in [-0.2, -0.15) is 0 Å². The van der Waals surface area contributed by atoms with Crippen LogP contribution in [-0.4, -0.2) is 38.8 Å². The van der Waals surface area contributed by atoms with Crippen LogP contribution in [0.5, 0.6) is 0 Å². The van der Waals surface area contributed by atoms with Crippen molar-refractivity contribution >= 4 is 41.3 Å². The summed E-state index contributed by atoms with van der Waals surface area (Å²) in [5.74, 6) is 1.80.